The van der Waals surface area contributed by atoms with Crippen LogP contribution in [0, 0.1) is 5.92 Å². The van der Waals surface area contributed by atoms with E-state index in [1.54, 1.807) is 11.8 Å². The van der Waals surface area contributed by atoms with Crippen molar-refractivity contribution in [3.63, 3.8) is 0 Å². The minimum atomic E-state index is -0.294. The average molecular weight is 231 g/mol. The Hall–Kier alpha value is -0.220. The summed E-state index contributed by atoms with van der Waals surface area (Å²) in [7, 11) is 0. The van der Waals surface area contributed by atoms with Gasteiger partial charge in [0, 0.05) is 19.0 Å². The number of nitrogens with zero attached hydrogens (tertiary/aromatic N) is 1. The number of carbonyl (C=O) groups excluding carboxylic acids is 1. The summed E-state index contributed by atoms with van der Waals surface area (Å²) in [5.41, 5.74) is 0. The standard InChI is InChI=1S/C11H21NO2S/c1-4-10(15-3)11(14)12-6-5-9(7-12)8(2)13/h8-10,13H,4-7H2,1-3H3. The van der Waals surface area contributed by atoms with Crippen molar-refractivity contribution in [2.45, 2.75) is 38.0 Å². The van der Waals surface area contributed by atoms with Gasteiger partial charge in [-0.1, -0.05) is 6.92 Å². The first-order chi connectivity index (χ1) is 7.10. The Morgan fingerprint density at radius 3 is 2.73 bits per heavy atom. The number of rotatable bonds is 4. The van der Waals surface area contributed by atoms with E-state index in [0.717, 1.165) is 25.9 Å². The fourth-order valence-electron chi connectivity index (χ4n) is 2.03. The summed E-state index contributed by atoms with van der Waals surface area (Å²) >= 11 is 1.62. The maximum Gasteiger partial charge on any atom is 0.235 e. The molecular formula is C11H21NO2S. The van der Waals surface area contributed by atoms with Crippen LogP contribution in [-0.4, -0.2) is 46.6 Å². The molecule has 3 atom stereocenters. The van der Waals surface area contributed by atoms with Crippen molar-refractivity contribution in [3.8, 4) is 0 Å². The molecule has 1 aliphatic rings. The van der Waals surface area contributed by atoms with Crippen molar-refractivity contribution in [1.82, 2.24) is 4.90 Å². The van der Waals surface area contributed by atoms with E-state index in [2.05, 4.69) is 0 Å². The van der Waals surface area contributed by atoms with Crippen molar-refractivity contribution in [1.29, 1.82) is 0 Å². The summed E-state index contributed by atoms with van der Waals surface area (Å²) < 4.78 is 0. The Morgan fingerprint density at radius 2 is 2.33 bits per heavy atom. The Labute approximate surface area is 96.2 Å². The number of hydrogen-bond donors (Lipinski definition) is 1. The van der Waals surface area contributed by atoms with Gasteiger partial charge < -0.3 is 10.0 Å². The largest absolute Gasteiger partial charge is 0.393 e. The molecule has 0 aliphatic carbocycles. The molecule has 0 aromatic rings. The van der Waals surface area contributed by atoms with Crippen LogP contribution in [0.5, 0.6) is 0 Å². The first-order valence-corrected chi connectivity index (χ1v) is 6.88. The van der Waals surface area contributed by atoms with Crippen LogP contribution in [0.2, 0.25) is 0 Å². The van der Waals surface area contributed by atoms with Crippen LogP contribution in [0.15, 0.2) is 0 Å². The van der Waals surface area contributed by atoms with Crippen molar-refractivity contribution < 1.29 is 9.90 Å². The smallest absolute Gasteiger partial charge is 0.235 e. The topological polar surface area (TPSA) is 40.5 Å². The molecule has 0 aromatic carbocycles. The zero-order valence-electron chi connectivity index (χ0n) is 9.77. The van der Waals surface area contributed by atoms with Crippen LogP contribution in [0.4, 0.5) is 0 Å². The minimum absolute atomic E-state index is 0.0951. The quantitative estimate of drug-likeness (QED) is 0.794. The number of likely N-dealkylation sites (tertiary alicyclic amines) is 1. The third kappa shape index (κ3) is 3.11. The van der Waals surface area contributed by atoms with Gasteiger partial charge >= 0.3 is 0 Å². The molecule has 1 N–H and O–H groups in total. The lowest BCUT2D eigenvalue weighted by atomic mass is 10.0. The highest BCUT2D eigenvalue weighted by Gasteiger charge is 2.31. The molecule has 0 radical (unpaired) electrons. The van der Waals surface area contributed by atoms with Gasteiger partial charge in [-0.3, -0.25) is 4.79 Å². The summed E-state index contributed by atoms with van der Waals surface area (Å²) in [5, 5.41) is 9.56. The number of thioether (sulfide) groups is 1. The van der Waals surface area contributed by atoms with Crippen molar-refractivity contribution >= 4 is 17.7 Å². The monoisotopic (exact) mass is 231 g/mol. The van der Waals surface area contributed by atoms with Gasteiger partial charge in [-0.25, -0.2) is 0 Å². The van der Waals surface area contributed by atoms with Crippen LogP contribution in [-0.2, 0) is 4.79 Å². The third-order valence-corrected chi connectivity index (χ3v) is 4.25. The number of aliphatic hydroxyl groups is 1. The lowest BCUT2D eigenvalue weighted by Gasteiger charge is -2.22. The first kappa shape index (κ1) is 12.8. The molecule has 1 heterocycles. The molecule has 0 spiro atoms. The van der Waals surface area contributed by atoms with Gasteiger partial charge in [-0.2, -0.15) is 11.8 Å². The summed E-state index contributed by atoms with van der Waals surface area (Å²) in [4.78, 5) is 13.9. The molecule has 3 nitrogen and oxygen atoms in total. The summed E-state index contributed by atoms with van der Waals surface area (Å²) in [5.74, 6) is 0.515. The number of aliphatic hydroxyl groups excluding tert-OH is 1. The summed E-state index contributed by atoms with van der Waals surface area (Å²) in [6.45, 7) is 5.39. The maximum absolute atomic E-state index is 12.0. The normalized spacial score (nSPS) is 25.3. The molecule has 1 amide bonds. The number of carbonyl (C=O) groups is 1. The van der Waals surface area contributed by atoms with Gasteiger partial charge in [0.15, 0.2) is 0 Å². The number of amides is 1. The highest BCUT2D eigenvalue weighted by molar-refractivity contribution is 7.99. The van der Waals surface area contributed by atoms with Gasteiger partial charge in [-0.05, 0) is 26.0 Å². The van der Waals surface area contributed by atoms with Gasteiger partial charge in [0.2, 0.25) is 5.91 Å². The van der Waals surface area contributed by atoms with E-state index in [0.29, 0.717) is 0 Å². The molecule has 1 aliphatic heterocycles. The molecule has 1 saturated heterocycles. The van der Waals surface area contributed by atoms with Crippen LogP contribution < -0.4 is 0 Å². The second-order valence-electron chi connectivity index (χ2n) is 4.21. The van der Waals surface area contributed by atoms with E-state index in [9.17, 15) is 9.90 Å². The van der Waals surface area contributed by atoms with E-state index in [1.165, 1.54) is 0 Å². The Bertz CT molecular complexity index is 217. The molecule has 3 unspecified atom stereocenters. The summed E-state index contributed by atoms with van der Waals surface area (Å²) in [6, 6.07) is 0. The minimum Gasteiger partial charge on any atom is -0.393 e. The molecule has 0 saturated carbocycles. The van der Waals surface area contributed by atoms with E-state index < -0.39 is 0 Å². The fraction of sp³-hybridized carbons (Fsp3) is 0.909. The predicted molar refractivity (Wildman–Crippen MR) is 64.0 cm³/mol. The molecule has 0 bridgehead atoms. The van der Waals surface area contributed by atoms with Crippen molar-refractivity contribution in [2.24, 2.45) is 5.92 Å². The molecule has 0 aromatic heterocycles. The van der Waals surface area contributed by atoms with E-state index >= 15 is 0 Å². The lowest BCUT2D eigenvalue weighted by molar-refractivity contribution is -0.129. The Balaban J connectivity index is 2.49. The van der Waals surface area contributed by atoms with Gasteiger partial charge in [0.05, 0.1) is 11.4 Å². The molecule has 1 rings (SSSR count). The Kier molecular flexibility index (Phi) is 4.93. The van der Waals surface area contributed by atoms with Crippen molar-refractivity contribution in [3.05, 3.63) is 0 Å². The third-order valence-electron chi connectivity index (χ3n) is 3.15. The second-order valence-corrected chi connectivity index (χ2v) is 5.25. The second kappa shape index (κ2) is 5.75. The van der Waals surface area contributed by atoms with E-state index in [-0.39, 0.29) is 23.2 Å². The maximum atomic E-state index is 12.0. The summed E-state index contributed by atoms with van der Waals surface area (Å²) in [6.07, 6.45) is 3.51. The van der Waals surface area contributed by atoms with Crippen LogP contribution >= 0.6 is 11.8 Å². The van der Waals surface area contributed by atoms with Gasteiger partial charge in [0.25, 0.3) is 0 Å². The molecule has 4 heteroatoms. The van der Waals surface area contributed by atoms with Crippen LogP contribution in [0.3, 0.4) is 0 Å². The van der Waals surface area contributed by atoms with Gasteiger partial charge in [-0.15, -0.1) is 0 Å². The number of hydrogen-bond acceptors (Lipinski definition) is 3. The molecular weight excluding hydrogens is 210 g/mol. The molecule has 15 heavy (non-hydrogen) atoms. The SMILES string of the molecule is CCC(SC)C(=O)N1CCC(C(C)O)C1. The van der Waals surface area contributed by atoms with E-state index in [1.807, 2.05) is 25.0 Å². The van der Waals surface area contributed by atoms with Crippen LogP contribution in [0.1, 0.15) is 26.7 Å². The highest BCUT2D eigenvalue weighted by atomic mass is 32.2. The lowest BCUT2D eigenvalue weighted by Crippen LogP contribution is -2.36. The van der Waals surface area contributed by atoms with Crippen molar-refractivity contribution in [2.75, 3.05) is 19.3 Å². The predicted octanol–water partition coefficient (Wildman–Crippen LogP) is 1.36. The first-order valence-electron chi connectivity index (χ1n) is 5.59. The van der Waals surface area contributed by atoms with Gasteiger partial charge in [0.1, 0.15) is 0 Å². The zero-order chi connectivity index (χ0) is 11.4. The Morgan fingerprint density at radius 1 is 1.67 bits per heavy atom. The molecule has 1 fully saturated rings. The highest BCUT2D eigenvalue weighted by Crippen LogP contribution is 2.23. The average Bonchev–Trinajstić information content (AvgIpc) is 2.68. The zero-order valence-corrected chi connectivity index (χ0v) is 10.6. The van der Waals surface area contributed by atoms with E-state index in [4.69, 9.17) is 0 Å². The fourth-order valence-corrected chi connectivity index (χ4v) is 2.71. The molecule has 88 valence electrons. The van der Waals surface area contributed by atoms with Crippen LogP contribution in [0.25, 0.3) is 0 Å².